The predicted octanol–water partition coefficient (Wildman–Crippen LogP) is 3.34. The number of carboxylic acids is 1. The Balaban J connectivity index is 2.58. The summed E-state index contributed by atoms with van der Waals surface area (Å²) in [5, 5.41) is 19.7. The smallest absolute Gasteiger partial charge is 0.336 e. The second-order valence-corrected chi connectivity index (χ2v) is 4.94. The number of rotatable bonds is 5. The highest BCUT2D eigenvalue weighted by Crippen LogP contribution is 2.33. The molecule has 0 bridgehead atoms. The van der Waals surface area contributed by atoms with E-state index in [1.165, 1.54) is 13.2 Å². The molecule has 0 aliphatic rings. The van der Waals surface area contributed by atoms with Gasteiger partial charge in [-0.25, -0.2) is 4.79 Å². The maximum absolute atomic E-state index is 11.7. The maximum atomic E-state index is 11.7. The normalized spacial score (nSPS) is 11.2. The first-order valence-corrected chi connectivity index (χ1v) is 6.94. The van der Waals surface area contributed by atoms with Gasteiger partial charge in [0.05, 0.1) is 19.8 Å². The van der Waals surface area contributed by atoms with Crippen molar-refractivity contribution in [2.24, 2.45) is 0 Å². The van der Waals surface area contributed by atoms with Gasteiger partial charge in [-0.2, -0.15) is 0 Å². The van der Waals surface area contributed by atoms with Gasteiger partial charge >= 0.3 is 5.97 Å². The highest BCUT2D eigenvalue weighted by atomic mass is 16.5. The van der Waals surface area contributed by atoms with Crippen molar-refractivity contribution < 1.29 is 24.5 Å². The lowest BCUT2D eigenvalue weighted by molar-refractivity contribution is -0.130. The molecular weight excluding hydrogens is 296 g/mol. The molecule has 23 heavy (non-hydrogen) atoms. The number of aryl methyl sites for hydroxylation is 1. The molecule has 0 fully saturated rings. The van der Waals surface area contributed by atoms with E-state index in [0.29, 0.717) is 16.9 Å². The minimum Gasteiger partial charge on any atom is -0.504 e. The number of methoxy groups -OCH3 is 2. The third-order valence-electron chi connectivity index (χ3n) is 3.50. The molecule has 0 spiro atoms. The van der Waals surface area contributed by atoms with Crippen LogP contribution in [-0.4, -0.2) is 30.4 Å². The quantitative estimate of drug-likeness (QED) is 0.654. The fourth-order valence-corrected chi connectivity index (χ4v) is 2.30. The number of phenols is 1. The van der Waals surface area contributed by atoms with Crippen LogP contribution >= 0.6 is 0 Å². The van der Waals surface area contributed by atoms with Crippen LogP contribution in [0.5, 0.6) is 17.2 Å². The molecule has 5 nitrogen and oxygen atoms in total. The summed E-state index contributed by atoms with van der Waals surface area (Å²) >= 11 is 0. The zero-order valence-corrected chi connectivity index (χ0v) is 13.2. The molecule has 0 unspecified atom stereocenters. The molecule has 120 valence electrons. The summed E-state index contributed by atoms with van der Waals surface area (Å²) in [4.78, 5) is 11.7. The molecule has 2 aromatic rings. The van der Waals surface area contributed by atoms with E-state index < -0.39 is 5.97 Å². The fourth-order valence-electron chi connectivity index (χ4n) is 2.30. The maximum Gasteiger partial charge on any atom is 0.336 e. The highest BCUT2D eigenvalue weighted by Gasteiger charge is 2.15. The summed E-state index contributed by atoms with van der Waals surface area (Å²) < 4.78 is 10.2. The van der Waals surface area contributed by atoms with Crippen molar-refractivity contribution in [3.63, 3.8) is 0 Å². The lowest BCUT2D eigenvalue weighted by atomic mass is 9.98. The Hall–Kier alpha value is -2.95. The zero-order valence-electron chi connectivity index (χ0n) is 13.2. The molecule has 0 saturated carbocycles. The van der Waals surface area contributed by atoms with Gasteiger partial charge in [-0.1, -0.05) is 18.2 Å². The molecular formula is C18H18O5. The minimum absolute atomic E-state index is 0.0775. The summed E-state index contributed by atoms with van der Waals surface area (Å²) in [6.45, 7) is 1.81. The average Bonchev–Trinajstić information content (AvgIpc) is 2.54. The SMILES string of the molecule is COc1ccc(/C(=C/c2cccc(OC)c2O)C(=O)O)c(C)c1. The summed E-state index contributed by atoms with van der Waals surface area (Å²) in [5.41, 5.74) is 1.77. The van der Waals surface area contributed by atoms with Crippen molar-refractivity contribution in [3.05, 3.63) is 53.1 Å². The molecule has 2 rings (SSSR count). The number of para-hydroxylation sites is 1. The number of aromatic hydroxyl groups is 1. The average molecular weight is 314 g/mol. The summed E-state index contributed by atoms with van der Waals surface area (Å²) in [5.74, 6) is -0.240. The van der Waals surface area contributed by atoms with Crippen molar-refractivity contribution in [2.75, 3.05) is 14.2 Å². The number of benzene rings is 2. The van der Waals surface area contributed by atoms with Gasteiger partial charge < -0.3 is 19.7 Å². The highest BCUT2D eigenvalue weighted by molar-refractivity contribution is 6.21. The van der Waals surface area contributed by atoms with Gasteiger partial charge in [-0.3, -0.25) is 0 Å². The fraction of sp³-hybridized carbons (Fsp3) is 0.167. The van der Waals surface area contributed by atoms with Crippen LogP contribution in [0, 0.1) is 6.92 Å². The number of hydrogen-bond acceptors (Lipinski definition) is 4. The first-order chi connectivity index (χ1) is 11.0. The van der Waals surface area contributed by atoms with Crippen LogP contribution in [0.3, 0.4) is 0 Å². The Morgan fingerprint density at radius 2 is 1.87 bits per heavy atom. The number of carbonyl (C=O) groups is 1. The van der Waals surface area contributed by atoms with Gasteiger partial charge in [0.1, 0.15) is 5.75 Å². The molecule has 2 N–H and O–H groups in total. The largest absolute Gasteiger partial charge is 0.504 e. The van der Waals surface area contributed by atoms with E-state index in [2.05, 4.69) is 0 Å². The molecule has 0 radical (unpaired) electrons. The van der Waals surface area contributed by atoms with Crippen LogP contribution in [0.25, 0.3) is 11.6 Å². The van der Waals surface area contributed by atoms with E-state index in [0.717, 1.165) is 5.56 Å². The zero-order chi connectivity index (χ0) is 17.0. The van der Waals surface area contributed by atoms with Crippen molar-refractivity contribution in [2.45, 2.75) is 6.92 Å². The third kappa shape index (κ3) is 3.45. The first-order valence-electron chi connectivity index (χ1n) is 6.94. The number of phenolic OH excluding ortho intramolecular Hbond substituents is 1. The van der Waals surface area contributed by atoms with E-state index in [1.54, 1.807) is 50.4 Å². The van der Waals surface area contributed by atoms with Gasteiger partial charge in [-0.05, 0) is 42.3 Å². The Morgan fingerprint density at radius 3 is 2.43 bits per heavy atom. The number of ether oxygens (including phenoxy) is 2. The van der Waals surface area contributed by atoms with Crippen LogP contribution in [-0.2, 0) is 4.79 Å². The van der Waals surface area contributed by atoms with Gasteiger partial charge in [0, 0.05) is 5.56 Å². The van der Waals surface area contributed by atoms with E-state index in [9.17, 15) is 15.0 Å². The summed E-state index contributed by atoms with van der Waals surface area (Å²) in [6.07, 6.45) is 1.43. The number of carboxylic acid groups (broad SMARTS) is 1. The van der Waals surface area contributed by atoms with Crippen LogP contribution < -0.4 is 9.47 Å². The monoisotopic (exact) mass is 314 g/mol. The van der Waals surface area contributed by atoms with E-state index >= 15 is 0 Å². The van der Waals surface area contributed by atoms with E-state index in [4.69, 9.17) is 9.47 Å². The molecule has 0 aliphatic carbocycles. The second-order valence-electron chi connectivity index (χ2n) is 4.94. The molecule has 0 amide bonds. The molecule has 0 aromatic heterocycles. The topological polar surface area (TPSA) is 76.0 Å². The molecule has 5 heteroatoms. The van der Waals surface area contributed by atoms with E-state index in [-0.39, 0.29) is 17.1 Å². The Morgan fingerprint density at radius 1 is 1.13 bits per heavy atom. The van der Waals surface area contributed by atoms with Gasteiger partial charge in [-0.15, -0.1) is 0 Å². The number of hydrogen-bond donors (Lipinski definition) is 2. The second kappa shape index (κ2) is 6.87. The lowest BCUT2D eigenvalue weighted by Crippen LogP contribution is -2.02. The third-order valence-corrected chi connectivity index (χ3v) is 3.50. The Bertz CT molecular complexity index is 762. The van der Waals surface area contributed by atoms with Crippen molar-refractivity contribution >= 4 is 17.6 Å². The molecule has 2 aromatic carbocycles. The van der Waals surface area contributed by atoms with Gasteiger partial charge in [0.25, 0.3) is 0 Å². The lowest BCUT2D eigenvalue weighted by Gasteiger charge is -2.10. The Kier molecular flexibility index (Phi) is 4.91. The Labute approximate surface area is 134 Å². The van der Waals surface area contributed by atoms with Gasteiger partial charge in [0.15, 0.2) is 11.5 Å². The van der Waals surface area contributed by atoms with Crippen LogP contribution in [0.1, 0.15) is 16.7 Å². The van der Waals surface area contributed by atoms with Crippen molar-refractivity contribution in [1.29, 1.82) is 0 Å². The van der Waals surface area contributed by atoms with E-state index in [1.807, 2.05) is 0 Å². The predicted molar refractivity (Wildman–Crippen MR) is 87.9 cm³/mol. The minimum atomic E-state index is -1.08. The van der Waals surface area contributed by atoms with Crippen LogP contribution in [0.4, 0.5) is 0 Å². The summed E-state index contributed by atoms with van der Waals surface area (Å²) in [7, 11) is 2.99. The van der Waals surface area contributed by atoms with Crippen molar-refractivity contribution in [3.8, 4) is 17.2 Å². The standard InChI is InChI=1S/C18H18O5/c1-11-9-13(22-2)7-8-14(11)15(18(20)21)10-12-5-4-6-16(23-3)17(12)19/h4-10,19H,1-3H3,(H,20,21)/b15-10-. The summed E-state index contributed by atoms with van der Waals surface area (Å²) in [6, 6.07) is 10.1. The van der Waals surface area contributed by atoms with Crippen LogP contribution in [0.2, 0.25) is 0 Å². The molecule has 0 aliphatic heterocycles. The van der Waals surface area contributed by atoms with Crippen molar-refractivity contribution in [1.82, 2.24) is 0 Å². The number of aliphatic carboxylic acids is 1. The molecule has 0 heterocycles. The first kappa shape index (κ1) is 16.4. The van der Waals surface area contributed by atoms with Gasteiger partial charge in [0.2, 0.25) is 0 Å². The van der Waals surface area contributed by atoms with Crippen LogP contribution in [0.15, 0.2) is 36.4 Å². The molecule has 0 atom stereocenters. The molecule has 0 saturated heterocycles.